The standard InChI is InChI=1S/C12H24N2O3/c1-4-12(5-2,9-13)11(17)14(3)8-6-7-10(15)16/h4-9,13H2,1-3H3,(H,15,16). The van der Waals surface area contributed by atoms with Gasteiger partial charge in [-0.2, -0.15) is 0 Å². The summed E-state index contributed by atoms with van der Waals surface area (Å²) < 4.78 is 0. The molecule has 0 aromatic carbocycles. The van der Waals surface area contributed by atoms with Crippen molar-refractivity contribution in [2.24, 2.45) is 11.1 Å². The van der Waals surface area contributed by atoms with Crippen LogP contribution in [0.2, 0.25) is 0 Å². The van der Waals surface area contributed by atoms with E-state index in [1.54, 1.807) is 11.9 Å². The van der Waals surface area contributed by atoms with Crippen LogP contribution in [0.25, 0.3) is 0 Å². The van der Waals surface area contributed by atoms with Gasteiger partial charge in [0.15, 0.2) is 0 Å². The third kappa shape index (κ3) is 4.34. The van der Waals surface area contributed by atoms with Crippen LogP contribution >= 0.6 is 0 Å². The van der Waals surface area contributed by atoms with Crippen molar-refractivity contribution in [2.45, 2.75) is 39.5 Å². The molecule has 0 saturated carbocycles. The fourth-order valence-electron chi connectivity index (χ4n) is 1.90. The molecule has 5 heteroatoms. The summed E-state index contributed by atoms with van der Waals surface area (Å²) in [4.78, 5) is 24.2. The van der Waals surface area contributed by atoms with E-state index >= 15 is 0 Å². The first kappa shape index (κ1) is 15.9. The van der Waals surface area contributed by atoms with E-state index in [1.165, 1.54) is 0 Å². The lowest BCUT2D eigenvalue weighted by Crippen LogP contribution is -2.46. The molecule has 0 heterocycles. The van der Waals surface area contributed by atoms with Gasteiger partial charge in [0.05, 0.1) is 5.41 Å². The summed E-state index contributed by atoms with van der Waals surface area (Å²) in [6.45, 7) is 4.72. The smallest absolute Gasteiger partial charge is 0.303 e. The molecule has 0 unspecified atom stereocenters. The van der Waals surface area contributed by atoms with Crippen LogP contribution < -0.4 is 5.73 Å². The van der Waals surface area contributed by atoms with Crippen LogP contribution in [0, 0.1) is 5.41 Å². The summed E-state index contributed by atoms with van der Waals surface area (Å²) >= 11 is 0. The van der Waals surface area contributed by atoms with Gasteiger partial charge in [0.25, 0.3) is 0 Å². The topological polar surface area (TPSA) is 83.6 Å². The number of hydrogen-bond acceptors (Lipinski definition) is 3. The number of carboxylic acids is 1. The zero-order valence-electron chi connectivity index (χ0n) is 11.0. The van der Waals surface area contributed by atoms with E-state index in [0.29, 0.717) is 32.4 Å². The van der Waals surface area contributed by atoms with Gasteiger partial charge >= 0.3 is 5.97 Å². The minimum Gasteiger partial charge on any atom is -0.481 e. The normalized spacial score (nSPS) is 11.3. The Kier molecular flexibility index (Phi) is 6.80. The summed E-state index contributed by atoms with van der Waals surface area (Å²) in [5, 5.41) is 8.54. The maximum absolute atomic E-state index is 12.2. The number of nitrogens with zero attached hydrogens (tertiary/aromatic N) is 1. The Morgan fingerprint density at radius 1 is 1.29 bits per heavy atom. The molecule has 0 saturated heterocycles. The average Bonchev–Trinajstić information content (AvgIpc) is 2.31. The summed E-state index contributed by atoms with van der Waals surface area (Å²) in [6.07, 6.45) is 1.99. The van der Waals surface area contributed by atoms with Crippen LogP contribution in [-0.4, -0.2) is 42.0 Å². The van der Waals surface area contributed by atoms with Crippen molar-refractivity contribution in [3.05, 3.63) is 0 Å². The minimum absolute atomic E-state index is 0.0235. The number of amides is 1. The number of carboxylic acid groups (broad SMARTS) is 1. The highest BCUT2D eigenvalue weighted by Crippen LogP contribution is 2.27. The molecule has 0 aliphatic rings. The number of carbonyl (C=O) groups excluding carboxylic acids is 1. The number of carbonyl (C=O) groups is 2. The summed E-state index contributed by atoms with van der Waals surface area (Å²) in [7, 11) is 1.71. The van der Waals surface area contributed by atoms with E-state index in [4.69, 9.17) is 10.8 Å². The number of rotatable bonds is 8. The molecule has 0 rings (SSSR count). The van der Waals surface area contributed by atoms with Crippen molar-refractivity contribution >= 4 is 11.9 Å². The lowest BCUT2D eigenvalue weighted by atomic mass is 9.81. The van der Waals surface area contributed by atoms with E-state index in [-0.39, 0.29) is 12.3 Å². The quantitative estimate of drug-likeness (QED) is 0.669. The molecule has 3 N–H and O–H groups in total. The molecule has 17 heavy (non-hydrogen) atoms. The third-order valence-electron chi connectivity index (χ3n) is 3.43. The van der Waals surface area contributed by atoms with Crippen LogP contribution in [0.4, 0.5) is 0 Å². The largest absolute Gasteiger partial charge is 0.481 e. The van der Waals surface area contributed by atoms with Gasteiger partial charge in [0.1, 0.15) is 0 Å². The average molecular weight is 244 g/mol. The predicted octanol–water partition coefficient (Wildman–Crippen LogP) is 1.07. The minimum atomic E-state index is -0.832. The van der Waals surface area contributed by atoms with Crippen LogP contribution in [0.1, 0.15) is 39.5 Å². The molecule has 0 bridgehead atoms. The fraction of sp³-hybridized carbons (Fsp3) is 0.833. The molecule has 0 fully saturated rings. The molecule has 0 atom stereocenters. The molecule has 0 radical (unpaired) electrons. The van der Waals surface area contributed by atoms with Gasteiger partial charge < -0.3 is 15.7 Å². The molecule has 1 amide bonds. The van der Waals surface area contributed by atoms with Gasteiger partial charge in [0.2, 0.25) is 5.91 Å². The second-order valence-corrected chi connectivity index (χ2v) is 4.42. The van der Waals surface area contributed by atoms with Gasteiger partial charge in [-0.1, -0.05) is 13.8 Å². The molecule has 0 aromatic heterocycles. The van der Waals surface area contributed by atoms with Crippen LogP contribution in [-0.2, 0) is 9.59 Å². The summed E-state index contributed by atoms with van der Waals surface area (Å²) in [6, 6.07) is 0. The number of nitrogens with two attached hydrogens (primary N) is 1. The van der Waals surface area contributed by atoms with Gasteiger partial charge in [-0.05, 0) is 19.3 Å². The van der Waals surface area contributed by atoms with E-state index in [1.807, 2.05) is 13.8 Å². The maximum atomic E-state index is 12.2. The Hall–Kier alpha value is -1.10. The molecule has 0 aliphatic heterocycles. The van der Waals surface area contributed by atoms with Crippen molar-refractivity contribution in [3.63, 3.8) is 0 Å². The monoisotopic (exact) mass is 244 g/mol. The van der Waals surface area contributed by atoms with E-state index < -0.39 is 11.4 Å². The first-order chi connectivity index (χ1) is 7.93. The first-order valence-electron chi connectivity index (χ1n) is 6.11. The Morgan fingerprint density at radius 2 is 1.82 bits per heavy atom. The Balaban J connectivity index is 4.41. The second-order valence-electron chi connectivity index (χ2n) is 4.42. The van der Waals surface area contributed by atoms with E-state index in [0.717, 1.165) is 0 Å². The van der Waals surface area contributed by atoms with Crippen molar-refractivity contribution in [1.82, 2.24) is 4.90 Å². The molecule has 0 aromatic rings. The Labute approximate surface area is 103 Å². The van der Waals surface area contributed by atoms with Gasteiger partial charge in [-0.3, -0.25) is 9.59 Å². The molecule has 100 valence electrons. The predicted molar refractivity (Wildman–Crippen MR) is 66.6 cm³/mol. The highest BCUT2D eigenvalue weighted by atomic mass is 16.4. The van der Waals surface area contributed by atoms with Crippen LogP contribution in [0.3, 0.4) is 0 Å². The zero-order valence-corrected chi connectivity index (χ0v) is 11.0. The highest BCUT2D eigenvalue weighted by molar-refractivity contribution is 5.82. The van der Waals surface area contributed by atoms with Crippen molar-refractivity contribution in [2.75, 3.05) is 20.1 Å². The molecule has 0 aliphatic carbocycles. The lowest BCUT2D eigenvalue weighted by Gasteiger charge is -2.33. The fourth-order valence-corrected chi connectivity index (χ4v) is 1.90. The molecular weight excluding hydrogens is 220 g/mol. The lowest BCUT2D eigenvalue weighted by molar-refractivity contribution is -0.142. The van der Waals surface area contributed by atoms with Crippen LogP contribution in [0.15, 0.2) is 0 Å². The Bertz CT molecular complexity index is 254. The third-order valence-corrected chi connectivity index (χ3v) is 3.43. The summed E-state index contributed by atoms with van der Waals surface area (Å²) in [5.74, 6) is -0.808. The van der Waals surface area contributed by atoms with E-state index in [9.17, 15) is 9.59 Å². The van der Waals surface area contributed by atoms with Crippen LogP contribution in [0.5, 0.6) is 0 Å². The highest BCUT2D eigenvalue weighted by Gasteiger charge is 2.35. The van der Waals surface area contributed by atoms with Crippen molar-refractivity contribution in [3.8, 4) is 0 Å². The van der Waals surface area contributed by atoms with Gasteiger partial charge in [0, 0.05) is 26.6 Å². The number of aliphatic carboxylic acids is 1. The SMILES string of the molecule is CCC(CC)(CN)C(=O)N(C)CCCC(=O)O. The first-order valence-corrected chi connectivity index (χ1v) is 6.11. The van der Waals surface area contributed by atoms with Crippen molar-refractivity contribution < 1.29 is 14.7 Å². The Morgan fingerprint density at radius 3 is 2.18 bits per heavy atom. The number of hydrogen-bond donors (Lipinski definition) is 2. The van der Waals surface area contributed by atoms with Gasteiger partial charge in [-0.25, -0.2) is 0 Å². The van der Waals surface area contributed by atoms with Gasteiger partial charge in [-0.15, -0.1) is 0 Å². The molecule has 0 spiro atoms. The molecular formula is C12H24N2O3. The van der Waals surface area contributed by atoms with E-state index in [2.05, 4.69) is 0 Å². The van der Waals surface area contributed by atoms with Crippen molar-refractivity contribution in [1.29, 1.82) is 0 Å². The second kappa shape index (κ2) is 7.27. The zero-order chi connectivity index (χ0) is 13.5. The maximum Gasteiger partial charge on any atom is 0.303 e. The molecule has 5 nitrogen and oxygen atoms in total. The summed E-state index contributed by atoms with van der Waals surface area (Å²) in [5.41, 5.74) is 5.21.